The number of rotatable bonds is 11. The Hall–Kier alpha value is -3.41. The van der Waals surface area contributed by atoms with Crippen LogP contribution < -0.4 is 14.8 Å². The van der Waals surface area contributed by atoms with Crippen molar-refractivity contribution in [1.82, 2.24) is 20.0 Å². The lowest BCUT2D eigenvalue weighted by Gasteiger charge is -2.33. The molecule has 0 saturated carbocycles. The molecule has 1 unspecified atom stereocenters. The summed E-state index contributed by atoms with van der Waals surface area (Å²) in [5.41, 5.74) is -0.325. The Balaban J connectivity index is 1.36. The van der Waals surface area contributed by atoms with Gasteiger partial charge in [-0.25, -0.2) is 9.18 Å². The molecule has 0 radical (unpaired) electrons. The van der Waals surface area contributed by atoms with Crippen LogP contribution in [0.4, 0.5) is 9.18 Å². The number of ether oxygens (including phenoxy) is 3. The number of nitrogens with zero attached hydrogens (tertiary/aromatic N) is 3. The van der Waals surface area contributed by atoms with Crippen molar-refractivity contribution >= 4 is 11.9 Å². The van der Waals surface area contributed by atoms with Gasteiger partial charge in [0.1, 0.15) is 42.7 Å². The van der Waals surface area contributed by atoms with Crippen LogP contribution in [0.2, 0.25) is 0 Å². The third-order valence-electron chi connectivity index (χ3n) is 6.54. The molecule has 2 aromatic rings. The van der Waals surface area contributed by atoms with E-state index in [2.05, 4.69) is 10.2 Å². The number of amides is 3. The average molecular weight is 531 g/mol. The van der Waals surface area contributed by atoms with E-state index in [0.717, 1.165) is 5.56 Å². The van der Waals surface area contributed by atoms with Crippen molar-refractivity contribution in [1.29, 1.82) is 0 Å². The predicted molar refractivity (Wildman–Crippen MR) is 137 cm³/mol. The largest absolute Gasteiger partial charge is 0.492 e. The molecule has 206 valence electrons. The number of carbonyl (C=O) groups excluding carboxylic acids is 2. The van der Waals surface area contributed by atoms with Crippen LogP contribution in [0, 0.1) is 5.82 Å². The smallest absolute Gasteiger partial charge is 0.317 e. The first-order valence-corrected chi connectivity index (χ1v) is 12.7. The molecule has 0 aliphatic carbocycles. The number of benzene rings is 2. The van der Waals surface area contributed by atoms with E-state index in [1.54, 1.807) is 9.80 Å². The van der Waals surface area contributed by atoms with Gasteiger partial charge in [-0.05, 0) is 42.0 Å². The van der Waals surface area contributed by atoms with Gasteiger partial charge in [-0.2, -0.15) is 0 Å². The molecule has 38 heavy (non-hydrogen) atoms. The fourth-order valence-electron chi connectivity index (χ4n) is 4.59. The summed E-state index contributed by atoms with van der Waals surface area (Å²) in [6, 6.07) is 13.2. The van der Waals surface area contributed by atoms with Gasteiger partial charge < -0.3 is 34.4 Å². The third kappa shape index (κ3) is 7.80. The van der Waals surface area contributed by atoms with E-state index in [1.807, 2.05) is 24.3 Å². The number of hydrogen-bond acceptors (Lipinski definition) is 7. The first kappa shape index (κ1) is 27.6. The minimum Gasteiger partial charge on any atom is -0.492 e. The predicted octanol–water partition coefficient (Wildman–Crippen LogP) is 1.33. The van der Waals surface area contributed by atoms with Crippen molar-refractivity contribution in [3.63, 3.8) is 0 Å². The topological polar surface area (TPSA) is 104 Å². The highest BCUT2D eigenvalue weighted by molar-refractivity contribution is 5.77. The maximum atomic E-state index is 13.3. The van der Waals surface area contributed by atoms with Gasteiger partial charge in [0.2, 0.25) is 5.91 Å². The fourth-order valence-corrected chi connectivity index (χ4v) is 4.59. The normalized spacial score (nSPS) is 20.2. The molecule has 1 atom stereocenters. The molecule has 2 saturated heterocycles. The second kappa shape index (κ2) is 12.9. The lowest BCUT2D eigenvalue weighted by atomic mass is 10.0. The summed E-state index contributed by atoms with van der Waals surface area (Å²) in [5.74, 6) is 0.571. The van der Waals surface area contributed by atoms with E-state index < -0.39 is 5.60 Å². The maximum absolute atomic E-state index is 13.3. The van der Waals surface area contributed by atoms with Gasteiger partial charge in [-0.3, -0.25) is 9.69 Å². The molecule has 2 aliphatic rings. The number of nitrogens with one attached hydrogen (secondary N) is 1. The van der Waals surface area contributed by atoms with Gasteiger partial charge in [0, 0.05) is 46.4 Å². The van der Waals surface area contributed by atoms with Crippen LogP contribution in [-0.4, -0.2) is 110 Å². The Bertz CT molecular complexity index is 1070. The van der Waals surface area contributed by atoms with E-state index in [1.165, 1.54) is 31.4 Å². The lowest BCUT2D eigenvalue weighted by Crippen LogP contribution is -2.52. The van der Waals surface area contributed by atoms with Gasteiger partial charge in [0.05, 0.1) is 13.1 Å². The van der Waals surface area contributed by atoms with Gasteiger partial charge >= 0.3 is 6.03 Å². The summed E-state index contributed by atoms with van der Waals surface area (Å²) in [6.45, 7) is 4.07. The molecule has 2 heterocycles. The summed E-state index contributed by atoms with van der Waals surface area (Å²) < 4.78 is 29.8. The van der Waals surface area contributed by atoms with Crippen molar-refractivity contribution in [2.24, 2.45) is 0 Å². The summed E-state index contributed by atoms with van der Waals surface area (Å²) in [4.78, 5) is 29.6. The van der Waals surface area contributed by atoms with E-state index in [4.69, 9.17) is 14.2 Å². The summed E-state index contributed by atoms with van der Waals surface area (Å²) in [7, 11) is 1.46. The standard InChI is InChI=1S/C27H35FN4O6/c1-36-17-25(33)32-13-12-30(18-27(35,19-32)20-38-24-8-4-22(28)5-9-24)16-21-2-6-23(7-3-21)37-15-14-31-11-10-29-26(31)34/h2-9,35H,10-20H2,1H3,(H,29,34). The van der Waals surface area contributed by atoms with Crippen molar-refractivity contribution in [3.8, 4) is 11.5 Å². The van der Waals surface area contributed by atoms with Crippen LogP contribution in [-0.2, 0) is 16.1 Å². The molecule has 2 aromatic carbocycles. The average Bonchev–Trinajstić information content (AvgIpc) is 3.23. The highest BCUT2D eigenvalue weighted by Gasteiger charge is 2.37. The molecular weight excluding hydrogens is 495 g/mol. The SMILES string of the molecule is COCC(=O)N1CCN(Cc2ccc(OCCN3CCNC3=O)cc2)CC(O)(COc2ccc(F)cc2)C1. The number of halogens is 1. The van der Waals surface area contributed by atoms with Gasteiger partial charge in [0.25, 0.3) is 0 Å². The molecule has 4 rings (SSSR count). The van der Waals surface area contributed by atoms with Crippen LogP contribution >= 0.6 is 0 Å². The highest BCUT2D eigenvalue weighted by Crippen LogP contribution is 2.21. The van der Waals surface area contributed by atoms with Crippen LogP contribution in [0.25, 0.3) is 0 Å². The van der Waals surface area contributed by atoms with E-state index in [9.17, 15) is 19.1 Å². The Labute approximate surface area is 221 Å². The van der Waals surface area contributed by atoms with Crippen molar-refractivity contribution < 1.29 is 33.3 Å². The van der Waals surface area contributed by atoms with E-state index in [-0.39, 0.29) is 44.1 Å². The number of hydrogen-bond donors (Lipinski definition) is 2. The number of urea groups is 1. The first-order valence-electron chi connectivity index (χ1n) is 12.7. The zero-order valence-corrected chi connectivity index (χ0v) is 21.6. The lowest BCUT2D eigenvalue weighted by molar-refractivity contribution is -0.138. The van der Waals surface area contributed by atoms with E-state index >= 15 is 0 Å². The quantitative estimate of drug-likeness (QED) is 0.452. The molecule has 2 aliphatic heterocycles. The molecule has 0 spiro atoms. The van der Waals surface area contributed by atoms with Crippen LogP contribution in [0.15, 0.2) is 48.5 Å². The zero-order valence-electron chi connectivity index (χ0n) is 21.6. The Morgan fingerprint density at radius 1 is 1.03 bits per heavy atom. The number of carbonyl (C=O) groups is 2. The molecule has 11 heteroatoms. The van der Waals surface area contributed by atoms with Crippen LogP contribution in [0.5, 0.6) is 11.5 Å². The minimum atomic E-state index is -1.35. The molecule has 2 fully saturated rings. The van der Waals surface area contributed by atoms with Gasteiger partial charge in [-0.15, -0.1) is 0 Å². The molecular formula is C27H35FN4O6. The van der Waals surface area contributed by atoms with Gasteiger partial charge in [-0.1, -0.05) is 12.1 Å². The molecule has 10 nitrogen and oxygen atoms in total. The zero-order chi connectivity index (χ0) is 27.0. The summed E-state index contributed by atoms with van der Waals surface area (Å²) in [5, 5.41) is 14.3. The van der Waals surface area contributed by atoms with E-state index in [0.29, 0.717) is 57.4 Å². The highest BCUT2D eigenvalue weighted by atomic mass is 19.1. The Morgan fingerprint density at radius 3 is 2.42 bits per heavy atom. The molecule has 2 N–H and O–H groups in total. The van der Waals surface area contributed by atoms with Crippen LogP contribution in [0.1, 0.15) is 5.56 Å². The number of aliphatic hydroxyl groups is 1. The van der Waals surface area contributed by atoms with Crippen molar-refractivity contribution in [3.05, 3.63) is 59.9 Å². The van der Waals surface area contributed by atoms with Gasteiger partial charge in [0.15, 0.2) is 0 Å². The second-order valence-electron chi connectivity index (χ2n) is 9.64. The Kier molecular flexibility index (Phi) is 9.38. The monoisotopic (exact) mass is 530 g/mol. The number of methoxy groups -OCH3 is 1. The summed E-state index contributed by atoms with van der Waals surface area (Å²) in [6.07, 6.45) is 0. The Morgan fingerprint density at radius 2 is 1.74 bits per heavy atom. The second-order valence-corrected chi connectivity index (χ2v) is 9.64. The van der Waals surface area contributed by atoms with Crippen molar-refractivity contribution in [2.45, 2.75) is 12.1 Å². The molecule has 3 amide bonds. The van der Waals surface area contributed by atoms with Crippen LogP contribution in [0.3, 0.4) is 0 Å². The summed E-state index contributed by atoms with van der Waals surface area (Å²) >= 11 is 0. The fraction of sp³-hybridized carbons (Fsp3) is 0.481. The molecule has 0 aromatic heterocycles. The third-order valence-corrected chi connectivity index (χ3v) is 6.54. The maximum Gasteiger partial charge on any atom is 0.317 e. The van der Waals surface area contributed by atoms with Crippen molar-refractivity contribution in [2.75, 3.05) is 72.7 Å². The minimum absolute atomic E-state index is 0.0618. The number of β-amino-alcohol motifs (C(OH)–C–C–N with tert-alkyl or cyclic N) is 1. The first-order chi connectivity index (χ1) is 18.3. The molecule has 0 bridgehead atoms.